The Kier molecular flexibility index (Phi) is 7.09. The van der Waals surface area contributed by atoms with E-state index in [9.17, 15) is 31.5 Å². The Hall–Kier alpha value is -3.77. The lowest BCUT2D eigenvalue weighted by molar-refractivity contribution is -0.00158. The van der Waals surface area contributed by atoms with Crippen LogP contribution in [0.1, 0.15) is 42.0 Å². The number of carbonyl (C=O) groups is 1. The molecule has 1 N–H and O–H groups in total. The number of nitrogens with one attached hydrogen (secondary N) is 1. The number of aryl methyl sites for hydroxylation is 1. The molecule has 1 heterocycles. The number of ether oxygens (including phenoxy) is 1. The first-order valence-electron chi connectivity index (χ1n) is 11.0. The van der Waals surface area contributed by atoms with Crippen LogP contribution in [0.3, 0.4) is 0 Å². The molecule has 1 aliphatic carbocycles. The van der Waals surface area contributed by atoms with Crippen LogP contribution in [-0.4, -0.2) is 39.5 Å². The zero-order valence-electron chi connectivity index (χ0n) is 18.8. The lowest BCUT2D eigenvalue weighted by Gasteiger charge is -2.19. The highest BCUT2D eigenvalue weighted by molar-refractivity contribution is 6.06. The van der Waals surface area contributed by atoms with Crippen LogP contribution in [0.25, 0.3) is 5.69 Å². The lowest BCUT2D eigenvalue weighted by atomic mass is 10.1. The Morgan fingerprint density at radius 3 is 2.39 bits per heavy atom. The summed E-state index contributed by atoms with van der Waals surface area (Å²) in [5.74, 6) is -5.19. The number of amides is 1. The smallest absolute Gasteiger partial charge is 0.351 e. The average molecular weight is 514 g/mol. The molecule has 2 aromatic carbocycles. The average Bonchev–Trinajstić information content (AvgIpc) is 3.62. The highest BCUT2D eigenvalue weighted by Crippen LogP contribution is 2.35. The maximum atomic E-state index is 15.2. The molecule has 3 aromatic rings. The molecule has 0 spiro atoms. The van der Waals surface area contributed by atoms with Gasteiger partial charge < -0.3 is 10.1 Å². The number of halogens is 6. The van der Waals surface area contributed by atoms with Crippen molar-refractivity contribution in [1.29, 1.82) is 0 Å². The van der Waals surface area contributed by atoms with Crippen LogP contribution in [0.5, 0.6) is 5.75 Å². The van der Waals surface area contributed by atoms with Crippen LogP contribution in [0.2, 0.25) is 0 Å². The van der Waals surface area contributed by atoms with E-state index in [1.54, 1.807) is 6.92 Å². The molecule has 1 atom stereocenters. The van der Waals surface area contributed by atoms with Crippen LogP contribution in [0.15, 0.2) is 35.1 Å². The maximum absolute atomic E-state index is 15.2. The lowest BCUT2D eigenvalue weighted by Crippen LogP contribution is -2.29. The number of hydrogen-bond donors (Lipinski definition) is 1. The van der Waals surface area contributed by atoms with E-state index in [2.05, 4.69) is 5.10 Å². The number of hydrogen-bond acceptors (Lipinski definition) is 4. The second kappa shape index (κ2) is 10.1. The summed E-state index contributed by atoms with van der Waals surface area (Å²) in [4.78, 5) is 25.7. The van der Waals surface area contributed by atoms with Gasteiger partial charge in [-0.05, 0) is 31.0 Å². The summed E-state index contributed by atoms with van der Waals surface area (Å²) in [6.45, 7) is 0.0727. The minimum atomic E-state index is -3.33. The Morgan fingerprint density at radius 2 is 1.83 bits per heavy atom. The number of carbonyl (C=O) groups excluding carboxylic acids is 1. The molecule has 1 fully saturated rings. The normalized spacial score (nSPS) is 14.2. The highest BCUT2D eigenvalue weighted by atomic mass is 19.3. The van der Waals surface area contributed by atoms with E-state index in [0.717, 1.165) is 37.1 Å². The van der Waals surface area contributed by atoms with Gasteiger partial charge >= 0.3 is 5.69 Å². The van der Waals surface area contributed by atoms with Gasteiger partial charge in [0.05, 0.1) is 5.56 Å². The van der Waals surface area contributed by atoms with Crippen molar-refractivity contribution in [2.45, 2.75) is 44.8 Å². The van der Waals surface area contributed by atoms with Gasteiger partial charge in [-0.25, -0.2) is 31.1 Å². The summed E-state index contributed by atoms with van der Waals surface area (Å²) in [6, 6.07) is 3.93. The first kappa shape index (κ1) is 25.3. The van der Waals surface area contributed by atoms with Crippen molar-refractivity contribution >= 4 is 11.6 Å². The number of anilines is 1. The predicted molar refractivity (Wildman–Crippen MR) is 116 cm³/mol. The third-order valence-electron chi connectivity index (χ3n) is 5.54. The molecule has 13 heteroatoms. The fourth-order valence-corrected chi connectivity index (χ4v) is 3.61. The third-order valence-corrected chi connectivity index (χ3v) is 5.54. The topological polar surface area (TPSA) is 78.2 Å². The third kappa shape index (κ3) is 4.82. The number of rotatable bonds is 9. The van der Waals surface area contributed by atoms with Gasteiger partial charge in [-0.2, -0.15) is 4.68 Å². The minimum absolute atomic E-state index is 0.101. The van der Waals surface area contributed by atoms with Gasteiger partial charge in [-0.1, -0.05) is 13.0 Å². The number of nitrogens with zero attached hydrogens (tertiary/aromatic N) is 3. The van der Waals surface area contributed by atoms with E-state index in [1.165, 1.54) is 4.57 Å². The Bertz CT molecular complexity index is 1330. The van der Waals surface area contributed by atoms with Gasteiger partial charge in [-0.15, -0.1) is 5.10 Å². The van der Waals surface area contributed by atoms with Gasteiger partial charge in [0.15, 0.2) is 6.10 Å². The number of benzene rings is 2. The van der Waals surface area contributed by atoms with Gasteiger partial charge in [0.25, 0.3) is 12.3 Å². The molecule has 0 saturated heterocycles. The molecule has 1 saturated carbocycles. The number of aromatic nitrogens is 3. The van der Waals surface area contributed by atoms with Gasteiger partial charge in [0, 0.05) is 18.5 Å². The van der Waals surface area contributed by atoms with E-state index in [0.29, 0.717) is 23.0 Å². The summed E-state index contributed by atoms with van der Waals surface area (Å²) in [7, 11) is 0. The molecule has 1 aliphatic rings. The van der Waals surface area contributed by atoms with Crippen LogP contribution in [-0.2, 0) is 6.42 Å². The predicted octanol–water partition coefficient (Wildman–Crippen LogP) is 4.58. The van der Waals surface area contributed by atoms with Crippen molar-refractivity contribution in [1.82, 2.24) is 14.3 Å². The molecule has 0 bridgehead atoms. The maximum Gasteiger partial charge on any atom is 0.351 e. The quantitative estimate of drug-likeness (QED) is 0.424. The summed E-state index contributed by atoms with van der Waals surface area (Å²) in [5, 5.41) is 6.01. The van der Waals surface area contributed by atoms with E-state index in [-0.39, 0.29) is 6.04 Å². The van der Waals surface area contributed by atoms with E-state index in [4.69, 9.17) is 4.74 Å². The molecule has 7 nitrogen and oxygen atoms in total. The van der Waals surface area contributed by atoms with Gasteiger partial charge in [0.2, 0.25) is 0 Å². The molecular formula is C23H20F6N4O3. The SMILES string of the molecule is CCc1nn(-c2cc(O[C@@H](CF)C(F)F)c(C(=O)Nc3c(F)cccc3F)cc2F)c(=O)n1C1CC1. The van der Waals surface area contributed by atoms with Crippen molar-refractivity contribution in [3.63, 3.8) is 0 Å². The minimum Gasteiger partial charge on any atom is -0.481 e. The van der Waals surface area contributed by atoms with Gasteiger partial charge in [0.1, 0.15) is 47.1 Å². The summed E-state index contributed by atoms with van der Waals surface area (Å²) in [6.07, 6.45) is -3.87. The van der Waals surface area contributed by atoms with Crippen LogP contribution >= 0.6 is 0 Å². The van der Waals surface area contributed by atoms with Crippen molar-refractivity contribution in [2.75, 3.05) is 12.0 Å². The summed E-state index contributed by atoms with van der Waals surface area (Å²) >= 11 is 0. The van der Waals surface area contributed by atoms with Gasteiger partial charge in [-0.3, -0.25) is 9.36 Å². The van der Waals surface area contributed by atoms with Crippen molar-refractivity contribution in [2.24, 2.45) is 0 Å². The molecule has 0 radical (unpaired) electrons. The zero-order chi connectivity index (χ0) is 26.1. The fraction of sp³-hybridized carbons (Fsp3) is 0.348. The molecule has 1 amide bonds. The highest BCUT2D eigenvalue weighted by Gasteiger charge is 2.31. The second-order valence-electron chi connectivity index (χ2n) is 8.06. The molecule has 0 unspecified atom stereocenters. The van der Waals surface area contributed by atoms with Crippen LogP contribution in [0.4, 0.5) is 32.0 Å². The van der Waals surface area contributed by atoms with E-state index >= 15 is 4.39 Å². The van der Waals surface area contributed by atoms with Crippen LogP contribution < -0.4 is 15.7 Å². The molecular weight excluding hydrogens is 494 g/mol. The number of para-hydroxylation sites is 1. The van der Waals surface area contributed by atoms with Crippen molar-refractivity contribution in [3.05, 3.63) is 69.7 Å². The first-order chi connectivity index (χ1) is 17.2. The monoisotopic (exact) mass is 514 g/mol. The van der Waals surface area contributed by atoms with E-state index in [1.807, 2.05) is 5.32 Å². The molecule has 0 aliphatic heterocycles. The first-order valence-corrected chi connectivity index (χ1v) is 11.0. The summed E-state index contributed by atoms with van der Waals surface area (Å²) < 4.78 is 89.9. The van der Waals surface area contributed by atoms with Crippen molar-refractivity contribution in [3.8, 4) is 11.4 Å². The molecule has 4 rings (SSSR count). The largest absolute Gasteiger partial charge is 0.481 e. The Balaban J connectivity index is 1.82. The Labute approximate surface area is 200 Å². The fourth-order valence-electron chi connectivity index (χ4n) is 3.61. The zero-order valence-corrected chi connectivity index (χ0v) is 18.8. The number of alkyl halides is 3. The molecule has 192 valence electrons. The van der Waals surface area contributed by atoms with Crippen molar-refractivity contribution < 1.29 is 35.9 Å². The van der Waals surface area contributed by atoms with E-state index < -0.39 is 70.9 Å². The standard InChI is InChI=1S/C23H20F6N4O3/c1-2-19-31-33(23(35)32(19)11-6-7-11)16-9-17(36-18(10-24)21(28)29)12(8-15(16)27)22(34)30-20-13(25)4-3-5-14(20)26/h3-5,8-9,11,18,21H,2,6-7,10H2,1H3,(H,30,34)/t18-/m0/s1. The summed E-state index contributed by atoms with van der Waals surface area (Å²) in [5.41, 5.74) is -2.87. The Morgan fingerprint density at radius 1 is 1.17 bits per heavy atom. The van der Waals surface area contributed by atoms with Crippen LogP contribution in [0, 0.1) is 17.5 Å². The molecule has 1 aromatic heterocycles. The molecule has 36 heavy (non-hydrogen) atoms. The second-order valence-corrected chi connectivity index (χ2v) is 8.06.